The van der Waals surface area contributed by atoms with E-state index in [2.05, 4.69) is 37.6 Å². The topological polar surface area (TPSA) is 68.8 Å². The number of thiophene rings is 1. The van der Waals surface area contributed by atoms with Crippen LogP contribution in [-0.2, 0) is 25.6 Å². The van der Waals surface area contributed by atoms with Gasteiger partial charge in [-0.15, -0.1) is 21.5 Å². The summed E-state index contributed by atoms with van der Waals surface area (Å²) in [7, 11) is 1.86. The molecule has 3 aromatic heterocycles. The van der Waals surface area contributed by atoms with E-state index in [4.69, 9.17) is 0 Å². The Balaban J connectivity index is 1.47. The molecule has 0 aliphatic carbocycles. The van der Waals surface area contributed by atoms with E-state index in [0.29, 0.717) is 18.1 Å². The number of fused-ring (bicyclic) bond motifs is 2. The molecule has 0 bridgehead atoms. The standard InChI is InChI=1S/C18H20N6OS/c1-22-9-6-19-15(22)14-16(25)24-8-5-18(17(24)21-20-14)4-7-23(12-18)11-13-3-2-10-26-13/h2-3,6,9-10H,4-5,7-8,11-12H2,1H3/t18-/m1/s1. The van der Waals surface area contributed by atoms with Gasteiger partial charge in [0.15, 0.2) is 11.5 Å². The number of rotatable bonds is 3. The summed E-state index contributed by atoms with van der Waals surface area (Å²) < 4.78 is 3.63. The van der Waals surface area contributed by atoms with Gasteiger partial charge in [0.2, 0.25) is 0 Å². The molecule has 1 fully saturated rings. The minimum atomic E-state index is -0.0714. The molecular formula is C18H20N6OS. The molecule has 1 spiro atoms. The van der Waals surface area contributed by atoms with Crippen LogP contribution in [0.3, 0.4) is 0 Å². The maximum Gasteiger partial charge on any atom is 0.283 e. The number of aromatic nitrogens is 5. The third kappa shape index (κ3) is 2.36. The first-order valence-electron chi connectivity index (χ1n) is 8.87. The minimum Gasteiger partial charge on any atom is -0.333 e. The normalized spacial score (nSPS) is 22.3. The van der Waals surface area contributed by atoms with Gasteiger partial charge in [-0.25, -0.2) is 4.98 Å². The lowest BCUT2D eigenvalue weighted by Crippen LogP contribution is -2.33. The predicted octanol–water partition coefficient (Wildman–Crippen LogP) is 1.65. The molecule has 3 aromatic rings. The maximum atomic E-state index is 13.0. The van der Waals surface area contributed by atoms with E-state index in [1.807, 2.05) is 17.8 Å². The van der Waals surface area contributed by atoms with Crippen LogP contribution >= 0.6 is 11.3 Å². The van der Waals surface area contributed by atoms with Gasteiger partial charge in [-0.05, 0) is 30.8 Å². The molecule has 8 heteroatoms. The molecule has 2 aliphatic rings. The summed E-state index contributed by atoms with van der Waals surface area (Å²) in [5, 5.41) is 10.9. The van der Waals surface area contributed by atoms with E-state index < -0.39 is 0 Å². The fourth-order valence-electron chi connectivity index (χ4n) is 4.29. The first kappa shape index (κ1) is 15.9. The number of nitrogens with zero attached hydrogens (tertiary/aromatic N) is 6. The van der Waals surface area contributed by atoms with Crippen molar-refractivity contribution >= 4 is 11.3 Å². The van der Waals surface area contributed by atoms with E-state index in [9.17, 15) is 4.79 Å². The van der Waals surface area contributed by atoms with Crippen molar-refractivity contribution in [3.63, 3.8) is 0 Å². The summed E-state index contributed by atoms with van der Waals surface area (Å²) in [4.78, 5) is 21.1. The maximum absolute atomic E-state index is 13.0. The van der Waals surface area contributed by atoms with Gasteiger partial charge in [-0.1, -0.05) is 6.07 Å². The van der Waals surface area contributed by atoms with E-state index >= 15 is 0 Å². The van der Waals surface area contributed by atoms with E-state index in [1.54, 1.807) is 22.1 Å². The van der Waals surface area contributed by atoms with Gasteiger partial charge < -0.3 is 4.57 Å². The van der Waals surface area contributed by atoms with Crippen LogP contribution in [0.15, 0.2) is 34.7 Å². The van der Waals surface area contributed by atoms with Crippen LogP contribution in [0.25, 0.3) is 11.5 Å². The molecule has 0 unspecified atom stereocenters. The van der Waals surface area contributed by atoms with Crippen LogP contribution in [0.5, 0.6) is 0 Å². The Labute approximate surface area is 154 Å². The smallest absolute Gasteiger partial charge is 0.283 e. The van der Waals surface area contributed by atoms with Crippen LogP contribution in [0.4, 0.5) is 0 Å². The Kier molecular flexibility index (Phi) is 3.58. The highest BCUT2D eigenvalue weighted by atomic mass is 32.1. The second kappa shape index (κ2) is 5.85. The summed E-state index contributed by atoms with van der Waals surface area (Å²) in [5.41, 5.74) is 0.230. The van der Waals surface area contributed by atoms with Crippen LogP contribution in [0.1, 0.15) is 23.5 Å². The average molecular weight is 368 g/mol. The summed E-state index contributed by atoms with van der Waals surface area (Å²) in [6.07, 6.45) is 5.49. The monoisotopic (exact) mass is 368 g/mol. The van der Waals surface area contributed by atoms with Gasteiger partial charge in [0.25, 0.3) is 5.56 Å². The lowest BCUT2D eigenvalue weighted by molar-refractivity contribution is 0.301. The lowest BCUT2D eigenvalue weighted by Gasteiger charge is -2.22. The molecule has 2 aliphatic heterocycles. The fourth-order valence-corrected chi connectivity index (χ4v) is 5.04. The number of imidazole rings is 1. The highest BCUT2D eigenvalue weighted by Crippen LogP contribution is 2.41. The molecule has 1 saturated heterocycles. The van der Waals surface area contributed by atoms with Crippen molar-refractivity contribution in [1.82, 2.24) is 29.2 Å². The molecule has 0 saturated carbocycles. The quantitative estimate of drug-likeness (QED) is 0.703. The number of hydrogen-bond donors (Lipinski definition) is 0. The van der Waals surface area contributed by atoms with Crippen molar-refractivity contribution in [2.45, 2.75) is 31.3 Å². The summed E-state index contributed by atoms with van der Waals surface area (Å²) in [6, 6.07) is 4.28. The third-order valence-corrected chi connectivity index (χ3v) is 6.52. The summed E-state index contributed by atoms with van der Waals surface area (Å²) >= 11 is 1.80. The van der Waals surface area contributed by atoms with E-state index in [0.717, 1.165) is 38.3 Å². The van der Waals surface area contributed by atoms with Crippen LogP contribution < -0.4 is 5.56 Å². The van der Waals surface area contributed by atoms with Gasteiger partial charge >= 0.3 is 0 Å². The molecule has 0 radical (unpaired) electrons. The van der Waals surface area contributed by atoms with Gasteiger partial charge in [0.05, 0.1) is 0 Å². The van der Waals surface area contributed by atoms with Gasteiger partial charge in [-0.2, -0.15) is 0 Å². The zero-order chi connectivity index (χ0) is 17.7. The Morgan fingerprint density at radius 2 is 2.15 bits per heavy atom. The number of aryl methyl sites for hydroxylation is 1. The number of likely N-dealkylation sites (tertiary alicyclic amines) is 1. The first-order valence-corrected chi connectivity index (χ1v) is 9.75. The van der Waals surface area contributed by atoms with Crippen molar-refractivity contribution < 1.29 is 0 Å². The zero-order valence-corrected chi connectivity index (χ0v) is 15.4. The highest BCUT2D eigenvalue weighted by molar-refractivity contribution is 7.09. The minimum absolute atomic E-state index is 0.0381. The first-order chi connectivity index (χ1) is 12.7. The second-order valence-electron chi connectivity index (χ2n) is 7.26. The SMILES string of the molecule is Cn1ccnc1-c1nnc2n(c1=O)CC[C@@]21CCN(Cc2cccs2)C1. The van der Waals surface area contributed by atoms with Crippen molar-refractivity contribution in [3.05, 3.63) is 51.0 Å². The highest BCUT2D eigenvalue weighted by Gasteiger charge is 2.47. The van der Waals surface area contributed by atoms with E-state index in [-0.39, 0.29) is 11.0 Å². The second-order valence-corrected chi connectivity index (χ2v) is 8.29. The third-order valence-electron chi connectivity index (χ3n) is 5.66. The van der Waals surface area contributed by atoms with Crippen LogP contribution in [0, 0.1) is 0 Å². The molecular weight excluding hydrogens is 348 g/mol. The fraction of sp³-hybridized carbons (Fsp3) is 0.444. The summed E-state index contributed by atoms with van der Waals surface area (Å²) in [6.45, 7) is 3.67. The van der Waals surface area contributed by atoms with Gasteiger partial charge in [0.1, 0.15) is 5.82 Å². The van der Waals surface area contributed by atoms with Crippen molar-refractivity contribution in [3.8, 4) is 11.5 Å². The summed E-state index contributed by atoms with van der Waals surface area (Å²) in [5.74, 6) is 1.43. The molecule has 1 atom stereocenters. The Morgan fingerprint density at radius 1 is 1.27 bits per heavy atom. The molecule has 0 N–H and O–H groups in total. The number of hydrogen-bond acceptors (Lipinski definition) is 6. The van der Waals surface area contributed by atoms with Crippen molar-refractivity contribution in [2.24, 2.45) is 7.05 Å². The molecule has 5 rings (SSSR count). The van der Waals surface area contributed by atoms with Crippen LogP contribution in [0.2, 0.25) is 0 Å². The van der Waals surface area contributed by atoms with Crippen molar-refractivity contribution in [1.29, 1.82) is 0 Å². The Hall–Kier alpha value is -2.32. The Bertz CT molecular complexity index is 1010. The molecule has 7 nitrogen and oxygen atoms in total. The predicted molar refractivity (Wildman–Crippen MR) is 99.0 cm³/mol. The molecule has 0 amide bonds. The van der Waals surface area contributed by atoms with Crippen molar-refractivity contribution in [2.75, 3.05) is 13.1 Å². The largest absolute Gasteiger partial charge is 0.333 e. The van der Waals surface area contributed by atoms with Gasteiger partial charge in [0, 0.05) is 49.4 Å². The molecule has 134 valence electrons. The van der Waals surface area contributed by atoms with Gasteiger partial charge in [-0.3, -0.25) is 14.3 Å². The Morgan fingerprint density at radius 3 is 2.92 bits per heavy atom. The molecule has 5 heterocycles. The van der Waals surface area contributed by atoms with Crippen LogP contribution in [-0.4, -0.2) is 42.3 Å². The zero-order valence-electron chi connectivity index (χ0n) is 14.6. The molecule has 0 aromatic carbocycles. The molecule has 26 heavy (non-hydrogen) atoms. The average Bonchev–Trinajstić information content (AvgIpc) is 3.40. The lowest BCUT2D eigenvalue weighted by atomic mass is 9.85. The van der Waals surface area contributed by atoms with E-state index in [1.165, 1.54) is 4.88 Å².